The van der Waals surface area contributed by atoms with Crippen molar-refractivity contribution in [3.8, 4) is 0 Å². The van der Waals surface area contributed by atoms with E-state index in [1.54, 1.807) is 16.7 Å². The SMILES string of the molecule is CCN1C(=O)CSC1=NCCc1ccccc1. The molecule has 1 heterocycles. The Bertz CT molecular complexity index is 417. The first-order valence-corrected chi connectivity index (χ1v) is 6.81. The summed E-state index contributed by atoms with van der Waals surface area (Å²) in [5.41, 5.74) is 1.29. The molecule has 1 aliphatic rings. The van der Waals surface area contributed by atoms with Crippen LogP contribution >= 0.6 is 11.8 Å². The van der Waals surface area contributed by atoms with E-state index in [4.69, 9.17) is 0 Å². The molecule has 0 saturated carbocycles. The van der Waals surface area contributed by atoms with Crippen LogP contribution in [0.2, 0.25) is 0 Å². The molecule has 1 aliphatic heterocycles. The van der Waals surface area contributed by atoms with E-state index in [2.05, 4.69) is 17.1 Å². The minimum atomic E-state index is 0.177. The molecule has 0 unspecified atom stereocenters. The first kappa shape index (κ1) is 12.2. The highest BCUT2D eigenvalue weighted by Crippen LogP contribution is 2.18. The molecule has 1 fully saturated rings. The third-order valence-electron chi connectivity index (χ3n) is 2.66. The number of hydrogen-bond donors (Lipinski definition) is 0. The van der Waals surface area contributed by atoms with E-state index < -0.39 is 0 Å². The van der Waals surface area contributed by atoms with Crippen molar-refractivity contribution in [1.29, 1.82) is 0 Å². The largest absolute Gasteiger partial charge is 0.291 e. The van der Waals surface area contributed by atoms with E-state index >= 15 is 0 Å². The Labute approximate surface area is 106 Å². The second-order valence-corrected chi connectivity index (χ2v) is 4.77. The molecule has 0 atom stereocenters. The number of thioether (sulfide) groups is 1. The average molecular weight is 248 g/mol. The van der Waals surface area contributed by atoms with Gasteiger partial charge in [-0.25, -0.2) is 0 Å². The zero-order valence-electron chi connectivity index (χ0n) is 9.93. The summed E-state index contributed by atoms with van der Waals surface area (Å²) < 4.78 is 0. The molecule has 1 aromatic rings. The van der Waals surface area contributed by atoms with Crippen LogP contribution in [0.3, 0.4) is 0 Å². The standard InChI is InChI=1S/C13H16N2OS/c1-2-15-12(16)10-17-13(15)14-9-8-11-6-4-3-5-7-11/h3-7H,2,8-10H2,1H3. The van der Waals surface area contributed by atoms with Crippen molar-refractivity contribution < 1.29 is 4.79 Å². The van der Waals surface area contributed by atoms with Gasteiger partial charge in [0.25, 0.3) is 0 Å². The van der Waals surface area contributed by atoms with Gasteiger partial charge in [0, 0.05) is 13.1 Å². The summed E-state index contributed by atoms with van der Waals surface area (Å²) in [6.45, 7) is 3.45. The Morgan fingerprint density at radius 2 is 2.12 bits per heavy atom. The van der Waals surface area contributed by atoms with E-state index in [-0.39, 0.29) is 5.91 Å². The van der Waals surface area contributed by atoms with Crippen LogP contribution in [0.1, 0.15) is 12.5 Å². The number of nitrogens with zero attached hydrogens (tertiary/aromatic N) is 2. The monoisotopic (exact) mass is 248 g/mol. The number of aliphatic imine (C=N–C) groups is 1. The predicted octanol–water partition coefficient (Wildman–Crippen LogP) is 2.18. The average Bonchev–Trinajstić information content (AvgIpc) is 2.71. The van der Waals surface area contributed by atoms with Crippen LogP contribution in [0.15, 0.2) is 35.3 Å². The molecule has 1 saturated heterocycles. The van der Waals surface area contributed by atoms with Crippen LogP contribution in [0.25, 0.3) is 0 Å². The zero-order chi connectivity index (χ0) is 12.1. The van der Waals surface area contributed by atoms with Gasteiger partial charge < -0.3 is 0 Å². The van der Waals surface area contributed by atoms with Crippen LogP contribution < -0.4 is 0 Å². The van der Waals surface area contributed by atoms with E-state index in [1.165, 1.54) is 5.56 Å². The van der Waals surface area contributed by atoms with Crippen molar-refractivity contribution in [3.05, 3.63) is 35.9 Å². The van der Waals surface area contributed by atoms with Gasteiger partial charge in [0.15, 0.2) is 5.17 Å². The molecule has 0 aliphatic carbocycles. The molecule has 4 heteroatoms. The normalized spacial score (nSPS) is 18.1. The molecule has 0 N–H and O–H groups in total. The maximum absolute atomic E-state index is 11.5. The van der Waals surface area contributed by atoms with Crippen LogP contribution in [-0.4, -0.2) is 34.8 Å². The summed E-state index contributed by atoms with van der Waals surface area (Å²) in [6, 6.07) is 10.3. The predicted molar refractivity (Wildman–Crippen MR) is 72.3 cm³/mol. The maximum atomic E-state index is 11.5. The van der Waals surface area contributed by atoms with Crippen molar-refractivity contribution in [1.82, 2.24) is 4.90 Å². The summed E-state index contributed by atoms with van der Waals surface area (Å²) in [5.74, 6) is 0.717. The number of hydrogen-bond acceptors (Lipinski definition) is 3. The zero-order valence-corrected chi connectivity index (χ0v) is 10.7. The molecule has 2 rings (SSSR count). The van der Waals surface area contributed by atoms with Gasteiger partial charge in [-0.05, 0) is 18.9 Å². The van der Waals surface area contributed by atoms with Crippen LogP contribution in [0, 0.1) is 0 Å². The highest BCUT2D eigenvalue weighted by atomic mass is 32.2. The van der Waals surface area contributed by atoms with Crippen molar-refractivity contribution in [2.45, 2.75) is 13.3 Å². The Balaban J connectivity index is 1.91. The lowest BCUT2D eigenvalue weighted by Gasteiger charge is -2.12. The van der Waals surface area contributed by atoms with E-state index in [9.17, 15) is 4.79 Å². The van der Waals surface area contributed by atoms with Crippen LogP contribution in [0.4, 0.5) is 0 Å². The molecule has 3 nitrogen and oxygen atoms in total. The highest BCUT2D eigenvalue weighted by Gasteiger charge is 2.25. The third-order valence-corrected chi connectivity index (χ3v) is 3.66. The van der Waals surface area contributed by atoms with Crippen molar-refractivity contribution in [2.24, 2.45) is 4.99 Å². The number of amidine groups is 1. The van der Waals surface area contributed by atoms with E-state index in [0.717, 1.165) is 24.7 Å². The van der Waals surface area contributed by atoms with E-state index in [0.29, 0.717) is 5.75 Å². The Kier molecular flexibility index (Phi) is 4.20. The summed E-state index contributed by atoms with van der Waals surface area (Å²) >= 11 is 1.54. The number of benzene rings is 1. The number of rotatable bonds is 4. The van der Waals surface area contributed by atoms with Gasteiger partial charge >= 0.3 is 0 Å². The van der Waals surface area contributed by atoms with Crippen molar-refractivity contribution in [3.63, 3.8) is 0 Å². The quantitative estimate of drug-likeness (QED) is 0.818. The molecule has 1 amide bonds. The Hall–Kier alpha value is -1.29. The smallest absolute Gasteiger partial charge is 0.239 e. The van der Waals surface area contributed by atoms with Gasteiger partial charge in [0.2, 0.25) is 5.91 Å². The minimum absolute atomic E-state index is 0.177. The topological polar surface area (TPSA) is 32.7 Å². The molecule has 17 heavy (non-hydrogen) atoms. The molecular weight excluding hydrogens is 232 g/mol. The Morgan fingerprint density at radius 1 is 1.35 bits per heavy atom. The first-order chi connectivity index (χ1) is 8.31. The summed E-state index contributed by atoms with van der Waals surface area (Å²) in [7, 11) is 0. The maximum Gasteiger partial charge on any atom is 0.239 e. The third kappa shape index (κ3) is 3.09. The lowest BCUT2D eigenvalue weighted by molar-refractivity contribution is -0.123. The van der Waals surface area contributed by atoms with Gasteiger partial charge in [-0.2, -0.15) is 0 Å². The molecule has 0 radical (unpaired) electrons. The van der Waals surface area contributed by atoms with E-state index in [1.807, 2.05) is 25.1 Å². The summed E-state index contributed by atoms with van der Waals surface area (Å²) in [4.78, 5) is 17.7. The van der Waals surface area contributed by atoms with Crippen LogP contribution in [-0.2, 0) is 11.2 Å². The van der Waals surface area contributed by atoms with Crippen LogP contribution in [0.5, 0.6) is 0 Å². The summed E-state index contributed by atoms with van der Waals surface area (Å²) in [5, 5.41) is 0.883. The fourth-order valence-corrected chi connectivity index (χ4v) is 2.73. The molecular formula is C13H16N2OS. The van der Waals surface area contributed by atoms with Gasteiger partial charge in [0.05, 0.1) is 5.75 Å². The number of amides is 1. The lowest BCUT2D eigenvalue weighted by atomic mass is 10.2. The molecule has 1 aromatic carbocycles. The van der Waals surface area contributed by atoms with Gasteiger partial charge in [-0.15, -0.1) is 0 Å². The minimum Gasteiger partial charge on any atom is -0.291 e. The Morgan fingerprint density at radius 3 is 2.82 bits per heavy atom. The van der Waals surface area contributed by atoms with Crippen molar-refractivity contribution in [2.75, 3.05) is 18.8 Å². The second kappa shape index (κ2) is 5.87. The molecule has 0 bridgehead atoms. The summed E-state index contributed by atoms with van der Waals surface area (Å²) in [6.07, 6.45) is 0.927. The van der Waals surface area contributed by atoms with Gasteiger partial charge in [-0.1, -0.05) is 42.1 Å². The van der Waals surface area contributed by atoms with Gasteiger partial charge in [-0.3, -0.25) is 14.7 Å². The first-order valence-electron chi connectivity index (χ1n) is 5.83. The number of carbonyl (C=O) groups is 1. The number of carbonyl (C=O) groups excluding carboxylic acids is 1. The fourth-order valence-electron chi connectivity index (χ4n) is 1.76. The molecule has 0 spiro atoms. The van der Waals surface area contributed by atoms with Gasteiger partial charge in [0.1, 0.15) is 0 Å². The molecule has 0 aromatic heterocycles. The fraction of sp³-hybridized carbons (Fsp3) is 0.385. The lowest BCUT2D eigenvalue weighted by Crippen LogP contribution is -2.29. The molecule has 90 valence electrons. The highest BCUT2D eigenvalue weighted by molar-refractivity contribution is 8.15. The second-order valence-electron chi connectivity index (χ2n) is 3.83. The van der Waals surface area contributed by atoms with Crippen molar-refractivity contribution >= 4 is 22.8 Å².